The summed E-state index contributed by atoms with van der Waals surface area (Å²) in [5, 5.41) is 26.2. The van der Waals surface area contributed by atoms with E-state index < -0.39 is 4.92 Å². The summed E-state index contributed by atoms with van der Waals surface area (Å²) >= 11 is 0. The van der Waals surface area contributed by atoms with Gasteiger partial charge in [0.25, 0.3) is 11.6 Å². The summed E-state index contributed by atoms with van der Waals surface area (Å²) in [4.78, 5) is 22.5. The molecular weight excluding hydrogens is 310 g/mol. The highest BCUT2D eigenvalue weighted by Gasteiger charge is 2.41. The van der Waals surface area contributed by atoms with Gasteiger partial charge in [-0.3, -0.25) is 14.9 Å². The Hall–Kier alpha value is -2.15. The van der Waals surface area contributed by atoms with E-state index in [1.807, 2.05) is 0 Å². The van der Waals surface area contributed by atoms with Crippen molar-refractivity contribution in [3.05, 3.63) is 33.9 Å². The van der Waals surface area contributed by atoms with Crippen molar-refractivity contribution in [2.75, 3.05) is 25.5 Å². The molecule has 7 heteroatoms. The van der Waals surface area contributed by atoms with Crippen LogP contribution >= 0.6 is 0 Å². The predicted molar refractivity (Wildman–Crippen MR) is 92.1 cm³/mol. The summed E-state index contributed by atoms with van der Waals surface area (Å²) in [6, 6.07) is 4.47. The molecule has 0 radical (unpaired) electrons. The van der Waals surface area contributed by atoms with Gasteiger partial charge in [-0.1, -0.05) is 13.3 Å². The molecule has 1 amide bonds. The minimum atomic E-state index is -0.473. The smallest absolute Gasteiger partial charge is 0.293 e. The fourth-order valence-electron chi connectivity index (χ4n) is 3.36. The zero-order valence-electron chi connectivity index (χ0n) is 14.2. The molecule has 0 saturated heterocycles. The van der Waals surface area contributed by atoms with Crippen molar-refractivity contribution >= 4 is 17.3 Å². The average Bonchev–Trinajstić information content (AvgIpc) is 2.53. The number of aliphatic hydroxyl groups excluding tert-OH is 1. The van der Waals surface area contributed by atoms with Crippen LogP contribution in [-0.2, 0) is 0 Å². The maximum absolute atomic E-state index is 11.7. The Balaban J connectivity index is 2.17. The number of anilines is 1. The summed E-state index contributed by atoms with van der Waals surface area (Å²) in [5.41, 5.74) is 0.674. The van der Waals surface area contributed by atoms with Crippen LogP contribution in [0, 0.1) is 21.4 Å². The number of amides is 1. The third-order valence-electron chi connectivity index (χ3n) is 5.27. The molecule has 1 aliphatic rings. The highest BCUT2D eigenvalue weighted by atomic mass is 16.6. The second-order valence-corrected chi connectivity index (χ2v) is 6.55. The third-order valence-corrected chi connectivity index (χ3v) is 5.27. The first-order valence-electron chi connectivity index (χ1n) is 8.29. The standard InChI is InChI=1S/C17H25N3O4/c1-12(6-9-21)17(7-3-8-17)11-19-14-5-4-13(16(22)18-2)10-15(14)20(23)24/h4-5,10,12,19,21H,3,6-9,11H2,1-2H3,(H,18,22)/t12-/m0/s1. The van der Waals surface area contributed by atoms with E-state index in [2.05, 4.69) is 17.6 Å². The minimum absolute atomic E-state index is 0.0794. The van der Waals surface area contributed by atoms with Crippen molar-refractivity contribution in [1.82, 2.24) is 5.32 Å². The number of hydrogen-bond donors (Lipinski definition) is 3. The van der Waals surface area contributed by atoms with E-state index in [0.717, 1.165) is 25.7 Å². The second-order valence-electron chi connectivity index (χ2n) is 6.55. The lowest BCUT2D eigenvalue weighted by molar-refractivity contribution is -0.384. The minimum Gasteiger partial charge on any atom is -0.396 e. The van der Waals surface area contributed by atoms with E-state index in [1.165, 1.54) is 13.1 Å². The Kier molecular flexibility index (Phi) is 5.77. The van der Waals surface area contributed by atoms with Crippen LogP contribution in [-0.4, -0.2) is 36.1 Å². The largest absolute Gasteiger partial charge is 0.396 e. The first kappa shape index (κ1) is 18.2. The summed E-state index contributed by atoms with van der Waals surface area (Å²) in [6.07, 6.45) is 4.01. The average molecular weight is 335 g/mol. The number of carbonyl (C=O) groups excluding carboxylic acids is 1. The van der Waals surface area contributed by atoms with Crippen molar-refractivity contribution in [3.8, 4) is 0 Å². The summed E-state index contributed by atoms with van der Waals surface area (Å²) < 4.78 is 0. The monoisotopic (exact) mass is 335 g/mol. The van der Waals surface area contributed by atoms with E-state index in [0.29, 0.717) is 18.2 Å². The number of nitro benzene ring substituents is 1. The molecule has 0 aromatic heterocycles. The Morgan fingerprint density at radius 2 is 2.17 bits per heavy atom. The molecule has 0 bridgehead atoms. The number of benzene rings is 1. The van der Waals surface area contributed by atoms with Gasteiger partial charge in [0.15, 0.2) is 0 Å². The van der Waals surface area contributed by atoms with E-state index in [4.69, 9.17) is 0 Å². The van der Waals surface area contributed by atoms with Crippen LogP contribution in [0.15, 0.2) is 18.2 Å². The zero-order valence-corrected chi connectivity index (χ0v) is 14.2. The van der Waals surface area contributed by atoms with Crippen molar-refractivity contribution in [2.45, 2.75) is 32.6 Å². The molecule has 1 aromatic rings. The van der Waals surface area contributed by atoms with Gasteiger partial charge in [-0.05, 0) is 42.7 Å². The predicted octanol–water partition coefficient (Wildman–Crippen LogP) is 2.56. The number of rotatable bonds is 8. The molecule has 24 heavy (non-hydrogen) atoms. The van der Waals surface area contributed by atoms with Gasteiger partial charge in [0.1, 0.15) is 5.69 Å². The maximum atomic E-state index is 11.7. The van der Waals surface area contributed by atoms with Gasteiger partial charge >= 0.3 is 0 Å². The van der Waals surface area contributed by atoms with Crippen LogP contribution in [0.4, 0.5) is 11.4 Å². The molecule has 1 saturated carbocycles. The lowest BCUT2D eigenvalue weighted by atomic mass is 9.60. The van der Waals surface area contributed by atoms with E-state index in [1.54, 1.807) is 12.1 Å². The lowest BCUT2D eigenvalue weighted by Gasteiger charge is -2.47. The van der Waals surface area contributed by atoms with Crippen LogP contribution in [0.25, 0.3) is 0 Å². The van der Waals surface area contributed by atoms with Crippen LogP contribution in [0.3, 0.4) is 0 Å². The molecule has 1 fully saturated rings. The second kappa shape index (κ2) is 7.61. The number of hydrogen-bond acceptors (Lipinski definition) is 5. The molecule has 1 atom stereocenters. The number of aliphatic hydroxyl groups is 1. The van der Waals surface area contributed by atoms with E-state index in [9.17, 15) is 20.0 Å². The molecule has 132 valence electrons. The van der Waals surface area contributed by atoms with Gasteiger partial charge in [-0.25, -0.2) is 0 Å². The van der Waals surface area contributed by atoms with Gasteiger partial charge in [0.2, 0.25) is 0 Å². The Labute approximate surface area is 141 Å². The van der Waals surface area contributed by atoms with Crippen molar-refractivity contribution in [2.24, 2.45) is 11.3 Å². The summed E-state index contributed by atoms with van der Waals surface area (Å²) in [7, 11) is 1.49. The van der Waals surface area contributed by atoms with Gasteiger partial charge in [0, 0.05) is 31.8 Å². The SMILES string of the molecule is CNC(=O)c1ccc(NCC2([C@@H](C)CCO)CCC2)c([N+](=O)[O-])c1. The Morgan fingerprint density at radius 1 is 1.46 bits per heavy atom. The van der Waals surface area contributed by atoms with Crippen molar-refractivity contribution in [1.29, 1.82) is 0 Å². The molecule has 7 nitrogen and oxygen atoms in total. The number of nitrogens with zero attached hydrogens (tertiary/aromatic N) is 1. The molecular formula is C17H25N3O4. The van der Waals surface area contributed by atoms with E-state index in [-0.39, 0.29) is 29.2 Å². The fraction of sp³-hybridized carbons (Fsp3) is 0.588. The van der Waals surface area contributed by atoms with Gasteiger partial charge in [-0.2, -0.15) is 0 Å². The van der Waals surface area contributed by atoms with Crippen LogP contribution in [0.1, 0.15) is 43.0 Å². The van der Waals surface area contributed by atoms with Crippen LogP contribution < -0.4 is 10.6 Å². The molecule has 0 spiro atoms. The highest BCUT2D eigenvalue weighted by molar-refractivity contribution is 5.95. The third kappa shape index (κ3) is 3.67. The first-order valence-corrected chi connectivity index (χ1v) is 8.29. The van der Waals surface area contributed by atoms with Gasteiger partial charge in [0.05, 0.1) is 4.92 Å². The number of nitrogens with one attached hydrogen (secondary N) is 2. The summed E-state index contributed by atoms with van der Waals surface area (Å²) in [6.45, 7) is 2.92. The fourth-order valence-corrected chi connectivity index (χ4v) is 3.36. The quantitative estimate of drug-likeness (QED) is 0.500. The van der Waals surface area contributed by atoms with Gasteiger partial charge < -0.3 is 15.7 Å². The Bertz CT molecular complexity index is 614. The highest BCUT2D eigenvalue weighted by Crippen LogP contribution is 2.48. The molecule has 2 rings (SSSR count). The number of carbonyl (C=O) groups is 1. The van der Waals surface area contributed by atoms with Gasteiger partial charge in [-0.15, -0.1) is 0 Å². The Morgan fingerprint density at radius 3 is 2.67 bits per heavy atom. The van der Waals surface area contributed by atoms with E-state index >= 15 is 0 Å². The lowest BCUT2D eigenvalue weighted by Crippen LogP contribution is -2.42. The van der Waals surface area contributed by atoms with Crippen molar-refractivity contribution in [3.63, 3.8) is 0 Å². The normalized spacial score (nSPS) is 16.8. The molecule has 1 aliphatic carbocycles. The number of nitro groups is 1. The molecule has 0 aliphatic heterocycles. The van der Waals surface area contributed by atoms with Crippen molar-refractivity contribution < 1.29 is 14.8 Å². The summed E-state index contributed by atoms with van der Waals surface area (Å²) in [5.74, 6) is 0.00429. The zero-order chi connectivity index (χ0) is 17.7. The molecule has 0 unspecified atom stereocenters. The maximum Gasteiger partial charge on any atom is 0.293 e. The molecule has 0 heterocycles. The van der Waals surface area contributed by atoms with Crippen LogP contribution in [0.2, 0.25) is 0 Å². The topological polar surface area (TPSA) is 104 Å². The first-order chi connectivity index (χ1) is 11.4. The molecule has 1 aromatic carbocycles. The molecule has 3 N–H and O–H groups in total. The van der Waals surface area contributed by atoms with Crippen LogP contribution in [0.5, 0.6) is 0 Å².